The second-order valence-electron chi connectivity index (χ2n) is 10.7. The number of anilines is 1. The summed E-state index contributed by atoms with van der Waals surface area (Å²) in [5, 5.41) is 10.2. The minimum atomic E-state index is -4.24. The number of sulfonamides is 1. The van der Waals surface area contributed by atoms with Gasteiger partial charge in [0.15, 0.2) is 0 Å². The van der Waals surface area contributed by atoms with E-state index in [4.69, 9.17) is 28.2 Å². The molecule has 236 valence electrons. The second-order valence-corrected chi connectivity index (χ2v) is 13.3. The van der Waals surface area contributed by atoms with Gasteiger partial charge < -0.3 is 9.67 Å². The first kappa shape index (κ1) is 32.9. The highest BCUT2D eigenvalue weighted by Gasteiger charge is 2.30. The number of aromatic carboxylic acids is 1. The minimum absolute atomic E-state index is 0.187. The van der Waals surface area contributed by atoms with Crippen molar-refractivity contribution in [1.29, 1.82) is 0 Å². The Balaban J connectivity index is 1.39. The van der Waals surface area contributed by atoms with Crippen molar-refractivity contribution in [3.8, 4) is 22.4 Å². The van der Waals surface area contributed by atoms with E-state index in [2.05, 4.69) is 4.72 Å². The fraction of sp³-hybridized carbons (Fsp3) is 0.118. The van der Waals surface area contributed by atoms with E-state index >= 15 is 0 Å². The summed E-state index contributed by atoms with van der Waals surface area (Å²) in [4.78, 5) is 16.1. The van der Waals surface area contributed by atoms with Gasteiger partial charge in [-0.15, -0.1) is 0 Å². The number of aromatic nitrogens is 2. The first-order valence-corrected chi connectivity index (χ1v) is 16.3. The van der Waals surface area contributed by atoms with Crippen LogP contribution in [0.1, 0.15) is 34.2 Å². The molecule has 7 nitrogen and oxygen atoms in total. The summed E-state index contributed by atoms with van der Waals surface area (Å²) in [7, 11) is -4.24. The largest absolute Gasteiger partial charge is 0.478 e. The number of benzene rings is 4. The molecule has 0 aliphatic heterocycles. The molecule has 0 aliphatic carbocycles. The van der Waals surface area contributed by atoms with Gasteiger partial charge in [0.25, 0.3) is 5.92 Å². The molecule has 2 N–H and O–H groups in total. The van der Waals surface area contributed by atoms with Crippen LogP contribution >= 0.6 is 23.2 Å². The van der Waals surface area contributed by atoms with Crippen molar-refractivity contribution < 1.29 is 27.1 Å². The average Bonchev–Trinajstić information content (AvgIpc) is 3.37. The number of carbonyl (C=O) groups is 1. The zero-order chi connectivity index (χ0) is 33.1. The number of nitrogens with one attached hydrogen (secondary N) is 1. The fourth-order valence-electron chi connectivity index (χ4n) is 4.74. The molecule has 0 bridgehead atoms. The molecule has 1 heterocycles. The Morgan fingerprint density at radius 2 is 1.67 bits per heavy atom. The number of alkyl halides is 2. The number of halogens is 4. The van der Waals surface area contributed by atoms with Crippen LogP contribution in [-0.2, 0) is 16.6 Å². The van der Waals surface area contributed by atoms with Gasteiger partial charge in [0.2, 0.25) is 10.0 Å². The molecule has 0 spiro atoms. The molecule has 0 unspecified atom stereocenters. The number of nitrogens with zero attached hydrogens (tertiary/aromatic N) is 2. The quantitative estimate of drug-likeness (QED) is 0.145. The summed E-state index contributed by atoms with van der Waals surface area (Å²) in [6.07, 6.45) is 5.61. The van der Waals surface area contributed by atoms with Gasteiger partial charge in [0.05, 0.1) is 16.3 Å². The zero-order valence-electron chi connectivity index (χ0n) is 24.3. The first-order valence-electron chi connectivity index (χ1n) is 13.9. The number of carboxylic acid groups (broad SMARTS) is 1. The predicted octanol–water partition coefficient (Wildman–Crippen LogP) is 8.84. The van der Waals surface area contributed by atoms with Gasteiger partial charge in [-0.1, -0.05) is 77.8 Å². The predicted molar refractivity (Wildman–Crippen MR) is 179 cm³/mol. The van der Waals surface area contributed by atoms with Crippen LogP contribution in [0.15, 0.2) is 97.2 Å². The van der Waals surface area contributed by atoms with E-state index in [9.17, 15) is 27.1 Å². The Hall–Kier alpha value is -4.51. The van der Waals surface area contributed by atoms with Crippen molar-refractivity contribution in [3.63, 3.8) is 0 Å². The van der Waals surface area contributed by atoms with Gasteiger partial charge in [-0.25, -0.2) is 27.0 Å². The number of carboxylic acids is 1. The number of hydrogen-bond donors (Lipinski definition) is 2. The summed E-state index contributed by atoms with van der Waals surface area (Å²) in [5.74, 6) is -5.04. The lowest BCUT2D eigenvalue weighted by Crippen LogP contribution is -2.28. The summed E-state index contributed by atoms with van der Waals surface area (Å²) in [5.41, 5.74) is 4.96. The summed E-state index contributed by atoms with van der Waals surface area (Å²) < 4.78 is 55.0. The maximum absolute atomic E-state index is 13.3. The summed E-state index contributed by atoms with van der Waals surface area (Å²) in [6.45, 7) is 0.981. The smallest absolute Gasteiger partial charge is 0.335 e. The van der Waals surface area contributed by atoms with Crippen LogP contribution in [0.4, 0.5) is 14.5 Å². The van der Waals surface area contributed by atoms with E-state index in [0.717, 1.165) is 16.7 Å². The van der Waals surface area contributed by atoms with Gasteiger partial charge in [0, 0.05) is 35.9 Å². The maximum Gasteiger partial charge on any atom is 0.335 e. The van der Waals surface area contributed by atoms with Gasteiger partial charge >= 0.3 is 5.97 Å². The van der Waals surface area contributed by atoms with Crippen molar-refractivity contribution in [2.75, 3.05) is 10.5 Å². The molecular formula is C34H27Cl2F2N3O4S. The first-order chi connectivity index (χ1) is 21.7. The molecule has 0 saturated carbocycles. The van der Waals surface area contributed by atoms with Gasteiger partial charge in [-0.05, 0) is 70.8 Å². The third kappa shape index (κ3) is 8.60. The average molecular weight is 683 g/mol. The topological polar surface area (TPSA) is 101 Å². The van der Waals surface area contributed by atoms with Crippen LogP contribution in [0.3, 0.4) is 0 Å². The molecular weight excluding hydrogens is 655 g/mol. The number of rotatable bonds is 11. The lowest BCUT2D eigenvalue weighted by atomic mass is 10.0. The number of hydrogen-bond acceptors (Lipinski definition) is 4. The number of imidazole rings is 1. The van der Waals surface area contributed by atoms with Crippen LogP contribution in [0.25, 0.3) is 34.5 Å². The fourth-order valence-corrected chi connectivity index (χ4v) is 6.47. The standard InChI is InChI=1S/C34H27Cl2F2N3O4S/c1-34(37,38)21-46(44,45)40-28-4-2-3-26(17-28)24-10-5-22(6-11-24)9-16-32-39-31(29-15-14-27(35)18-30(29)36)20-41(32)19-23-7-12-25(13-8-23)33(42)43/h2-18,20,40H,19,21H2,1H3,(H,42,43)/b16-9+. The van der Waals surface area contributed by atoms with Crippen LogP contribution < -0.4 is 4.72 Å². The second kappa shape index (κ2) is 13.5. The zero-order valence-corrected chi connectivity index (χ0v) is 26.6. The Kier molecular flexibility index (Phi) is 9.62. The molecule has 0 radical (unpaired) electrons. The highest BCUT2D eigenvalue weighted by atomic mass is 35.5. The highest BCUT2D eigenvalue weighted by molar-refractivity contribution is 7.92. The molecule has 0 fully saturated rings. The van der Waals surface area contributed by atoms with Crippen LogP contribution in [0.5, 0.6) is 0 Å². The highest BCUT2D eigenvalue weighted by Crippen LogP contribution is 2.31. The molecule has 0 aliphatic rings. The Morgan fingerprint density at radius 1 is 0.957 bits per heavy atom. The van der Waals surface area contributed by atoms with Crippen molar-refractivity contribution in [1.82, 2.24) is 9.55 Å². The van der Waals surface area contributed by atoms with Crippen molar-refractivity contribution in [2.45, 2.75) is 19.4 Å². The Bertz CT molecular complexity index is 2020. The van der Waals surface area contributed by atoms with Crippen molar-refractivity contribution >= 4 is 57.0 Å². The molecule has 0 saturated heterocycles. The summed E-state index contributed by atoms with van der Waals surface area (Å²) in [6, 6.07) is 25.8. The van der Waals surface area contributed by atoms with E-state index in [1.807, 2.05) is 47.2 Å². The normalized spacial score (nSPS) is 12.0. The van der Waals surface area contributed by atoms with Crippen molar-refractivity contribution in [2.24, 2.45) is 0 Å². The molecule has 12 heteroatoms. The van der Waals surface area contributed by atoms with Crippen LogP contribution in [0, 0.1) is 0 Å². The van der Waals surface area contributed by atoms with Gasteiger partial charge in [0.1, 0.15) is 11.6 Å². The molecule has 1 aromatic heterocycles. The molecule has 0 amide bonds. The van der Waals surface area contributed by atoms with E-state index in [-0.39, 0.29) is 11.3 Å². The SMILES string of the molecule is CC(F)(F)CS(=O)(=O)Nc1cccc(-c2ccc(/C=C/c3nc(-c4ccc(Cl)cc4Cl)cn3Cc3ccc(C(=O)O)cc3)cc2)c1. The molecule has 46 heavy (non-hydrogen) atoms. The van der Waals surface area contributed by atoms with Crippen LogP contribution in [-0.4, -0.2) is 40.7 Å². The lowest BCUT2D eigenvalue weighted by Gasteiger charge is -2.13. The summed E-state index contributed by atoms with van der Waals surface area (Å²) >= 11 is 12.6. The molecule has 0 atom stereocenters. The lowest BCUT2D eigenvalue weighted by molar-refractivity contribution is 0.0474. The molecule has 5 aromatic rings. The van der Waals surface area contributed by atoms with E-state index < -0.39 is 27.7 Å². The third-order valence-electron chi connectivity index (χ3n) is 6.82. The molecule has 4 aromatic carbocycles. The van der Waals surface area contributed by atoms with Crippen LogP contribution in [0.2, 0.25) is 10.0 Å². The molecule has 5 rings (SSSR count). The van der Waals surface area contributed by atoms with Gasteiger partial charge in [-0.3, -0.25) is 4.72 Å². The Morgan fingerprint density at radius 3 is 2.33 bits per heavy atom. The van der Waals surface area contributed by atoms with E-state index in [0.29, 0.717) is 46.2 Å². The van der Waals surface area contributed by atoms with E-state index in [1.165, 1.54) is 6.07 Å². The monoisotopic (exact) mass is 681 g/mol. The van der Waals surface area contributed by atoms with E-state index in [1.54, 1.807) is 60.7 Å². The minimum Gasteiger partial charge on any atom is -0.478 e. The van der Waals surface area contributed by atoms with Gasteiger partial charge in [-0.2, -0.15) is 0 Å². The maximum atomic E-state index is 13.3. The third-order valence-corrected chi connectivity index (χ3v) is 8.80. The Labute approximate surface area is 274 Å². The van der Waals surface area contributed by atoms with Crippen molar-refractivity contribution in [3.05, 3.63) is 130 Å².